The molecule has 272 valence electrons. The van der Waals surface area contributed by atoms with Crippen LogP contribution in [0.4, 0.5) is 8.78 Å². The summed E-state index contributed by atoms with van der Waals surface area (Å²) in [5.74, 6) is -1.27. The summed E-state index contributed by atoms with van der Waals surface area (Å²) in [5, 5.41) is 20.9. The van der Waals surface area contributed by atoms with E-state index in [1.54, 1.807) is 49.4 Å². The molecule has 0 bridgehead atoms. The fraction of sp³-hybridized carbons (Fsp3) is 0.316. The minimum Gasteiger partial charge on any atom is -0.489 e. The number of alkyl halides is 2. The number of amides is 2. The number of benzene rings is 3. The topological polar surface area (TPSA) is 160 Å². The van der Waals surface area contributed by atoms with Crippen molar-refractivity contribution in [3.8, 4) is 34.3 Å². The highest BCUT2D eigenvalue weighted by Gasteiger charge is 2.48. The van der Waals surface area contributed by atoms with E-state index in [2.05, 4.69) is 10.1 Å². The van der Waals surface area contributed by atoms with E-state index < -0.39 is 34.9 Å². The molecule has 4 heterocycles. The van der Waals surface area contributed by atoms with Crippen molar-refractivity contribution in [1.29, 1.82) is 0 Å². The lowest BCUT2D eigenvalue weighted by Gasteiger charge is -2.30. The summed E-state index contributed by atoms with van der Waals surface area (Å²) in [6.07, 6.45) is 1.96. The van der Waals surface area contributed by atoms with Crippen LogP contribution in [0.1, 0.15) is 65.8 Å². The Kier molecular flexibility index (Phi) is 7.41. The molecular formula is C38H32ClF2N5O7. The Hall–Kier alpha value is -5.47. The number of nitrogens with two attached hydrogens (primary N) is 1. The average Bonchev–Trinajstić information content (AvgIpc) is 4.06. The summed E-state index contributed by atoms with van der Waals surface area (Å²) >= 11 is 6.66. The number of pyridine rings is 1. The van der Waals surface area contributed by atoms with Crippen LogP contribution in [-0.2, 0) is 15.8 Å². The molecule has 0 radical (unpaired) electrons. The van der Waals surface area contributed by atoms with Gasteiger partial charge in [0.1, 0.15) is 40.3 Å². The third kappa shape index (κ3) is 5.67. The lowest BCUT2D eigenvalue weighted by Crippen LogP contribution is -2.43. The van der Waals surface area contributed by atoms with Crippen LogP contribution in [-0.4, -0.2) is 57.2 Å². The summed E-state index contributed by atoms with van der Waals surface area (Å²) in [6, 6.07) is 16.4. The zero-order chi connectivity index (χ0) is 36.9. The minimum atomic E-state index is -3.94. The molecule has 0 saturated heterocycles. The zero-order valence-corrected chi connectivity index (χ0v) is 29.0. The number of ether oxygens (including phenoxy) is 4. The van der Waals surface area contributed by atoms with E-state index in [0.29, 0.717) is 28.4 Å². The van der Waals surface area contributed by atoms with Crippen LogP contribution in [0.25, 0.3) is 22.2 Å². The van der Waals surface area contributed by atoms with Crippen molar-refractivity contribution in [3.63, 3.8) is 0 Å². The lowest BCUT2D eigenvalue weighted by molar-refractivity contribution is -0.286. The monoisotopic (exact) mass is 743 g/mol. The van der Waals surface area contributed by atoms with E-state index in [-0.39, 0.29) is 58.3 Å². The third-order valence-corrected chi connectivity index (χ3v) is 10.5. The van der Waals surface area contributed by atoms with Gasteiger partial charge < -0.3 is 35.1 Å². The smallest absolute Gasteiger partial charge is 0.489 e. The number of primary amides is 1. The van der Waals surface area contributed by atoms with Gasteiger partial charge >= 0.3 is 6.29 Å². The van der Waals surface area contributed by atoms with Gasteiger partial charge in [0.2, 0.25) is 5.91 Å². The predicted octanol–water partition coefficient (Wildman–Crippen LogP) is 5.75. The summed E-state index contributed by atoms with van der Waals surface area (Å²) in [5.41, 5.74) is 4.23. The summed E-state index contributed by atoms with van der Waals surface area (Å²) in [6.45, 7) is 1.04. The fourth-order valence-electron chi connectivity index (χ4n) is 6.75. The predicted molar refractivity (Wildman–Crippen MR) is 186 cm³/mol. The molecule has 53 heavy (non-hydrogen) atoms. The molecule has 2 fully saturated rings. The first kappa shape index (κ1) is 33.4. The standard InChI is InChI=1S/C38H32ClF2N5O7/c1-36(35(42)48)18-50-32-25(36)15-28(44-31(32)24-11-12-26-33(29(24)39)53-38(40,41)52-26)37(49,21-5-3-2-4-6-21)17-43-34(47)19-13-20-16-46(22-7-8-22)45-30(20)27(14-19)51-23-9-10-23/h2-6,11-16,22-23,49H,7-10,17-18H2,1H3,(H2,42,48)(H,43,47)/t36-,37+/m0/s1. The van der Waals surface area contributed by atoms with Gasteiger partial charge in [-0.15, -0.1) is 8.78 Å². The number of aliphatic hydroxyl groups is 1. The Bertz CT molecular complexity index is 2350. The van der Waals surface area contributed by atoms with Crippen LogP contribution in [0.3, 0.4) is 0 Å². The molecule has 2 aliphatic heterocycles. The van der Waals surface area contributed by atoms with Crippen LogP contribution in [0.15, 0.2) is 66.9 Å². The maximum absolute atomic E-state index is 14.1. The van der Waals surface area contributed by atoms with E-state index in [1.807, 2.05) is 10.9 Å². The van der Waals surface area contributed by atoms with Crippen molar-refractivity contribution in [1.82, 2.24) is 20.1 Å². The van der Waals surface area contributed by atoms with E-state index in [4.69, 9.17) is 41.6 Å². The Morgan fingerprint density at radius 3 is 2.58 bits per heavy atom. The molecule has 3 aromatic carbocycles. The molecule has 4 aliphatic rings. The van der Waals surface area contributed by atoms with Crippen molar-refractivity contribution in [2.45, 2.75) is 62.1 Å². The van der Waals surface area contributed by atoms with Crippen molar-refractivity contribution >= 4 is 34.3 Å². The molecule has 2 atom stereocenters. The Morgan fingerprint density at radius 2 is 1.87 bits per heavy atom. The van der Waals surface area contributed by atoms with Gasteiger partial charge in [0, 0.05) is 28.3 Å². The van der Waals surface area contributed by atoms with E-state index in [0.717, 1.165) is 31.1 Å². The first-order valence-electron chi connectivity index (χ1n) is 17.2. The highest BCUT2D eigenvalue weighted by molar-refractivity contribution is 6.35. The number of fused-ring (bicyclic) bond motifs is 3. The van der Waals surface area contributed by atoms with Crippen LogP contribution in [0, 0.1) is 0 Å². The number of hydrogen-bond donors (Lipinski definition) is 3. The molecule has 15 heteroatoms. The van der Waals surface area contributed by atoms with Crippen molar-refractivity contribution < 1.29 is 42.4 Å². The maximum Gasteiger partial charge on any atom is 0.586 e. The summed E-state index contributed by atoms with van der Waals surface area (Å²) in [7, 11) is 0. The normalized spacial score (nSPS) is 20.8. The maximum atomic E-state index is 14.1. The second kappa shape index (κ2) is 11.8. The lowest BCUT2D eigenvalue weighted by atomic mass is 9.80. The molecule has 4 N–H and O–H groups in total. The van der Waals surface area contributed by atoms with Gasteiger partial charge in [-0.2, -0.15) is 5.10 Å². The fourth-order valence-corrected chi connectivity index (χ4v) is 7.03. The van der Waals surface area contributed by atoms with Crippen molar-refractivity contribution in [2.75, 3.05) is 13.2 Å². The van der Waals surface area contributed by atoms with E-state index in [9.17, 15) is 23.5 Å². The molecule has 2 amide bonds. The molecular weight excluding hydrogens is 712 g/mol. The second-order valence-corrected chi connectivity index (χ2v) is 14.5. The van der Waals surface area contributed by atoms with Gasteiger partial charge in [-0.25, -0.2) is 4.98 Å². The molecule has 0 unspecified atom stereocenters. The number of nitrogens with one attached hydrogen (secondary N) is 1. The highest BCUT2D eigenvalue weighted by atomic mass is 35.5. The van der Waals surface area contributed by atoms with E-state index in [1.165, 1.54) is 18.2 Å². The van der Waals surface area contributed by atoms with Crippen molar-refractivity contribution in [3.05, 3.63) is 94.3 Å². The number of hydrogen-bond acceptors (Lipinski definition) is 9. The first-order chi connectivity index (χ1) is 25.3. The molecule has 12 nitrogen and oxygen atoms in total. The van der Waals surface area contributed by atoms with E-state index >= 15 is 0 Å². The van der Waals surface area contributed by atoms with Crippen LogP contribution in [0.2, 0.25) is 5.02 Å². The number of nitrogens with zero attached hydrogens (tertiary/aromatic N) is 3. The summed E-state index contributed by atoms with van der Waals surface area (Å²) in [4.78, 5) is 31.7. The average molecular weight is 744 g/mol. The largest absolute Gasteiger partial charge is 0.586 e. The Morgan fingerprint density at radius 1 is 1.09 bits per heavy atom. The molecule has 5 aromatic rings. The minimum absolute atomic E-state index is 0.00583. The Balaban J connectivity index is 1.14. The zero-order valence-electron chi connectivity index (χ0n) is 28.2. The van der Waals surface area contributed by atoms with Crippen LogP contribution >= 0.6 is 11.6 Å². The van der Waals surface area contributed by atoms with Gasteiger partial charge in [-0.3, -0.25) is 14.3 Å². The van der Waals surface area contributed by atoms with Crippen molar-refractivity contribution in [2.24, 2.45) is 5.73 Å². The van der Waals surface area contributed by atoms with Gasteiger partial charge in [0.25, 0.3) is 5.91 Å². The Labute approximate surface area is 305 Å². The van der Waals surface area contributed by atoms with Crippen LogP contribution < -0.4 is 30.0 Å². The van der Waals surface area contributed by atoms with Gasteiger partial charge in [0.15, 0.2) is 11.5 Å². The molecule has 9 rings (SSSR count). The molecule has 2 saturated carbocycles. The highest BCUT2D eigenvalue weighted by Crippen LogP contribution is 2.53. The SMILES string of the molecule is C[C@]1(C(N)=O)COc2c1cc([C@@](O)(CNC(=O)c1cc(OC3CC3)c3nn(C4CC4)cc3c1)c1ccccc1)nc2-c1ccc2c(c1Cl)OC(F)(F)O2. The van der Waals surface area contributed by atoms with Gasteiger partial charge in [0.05, 0.1) is 29.4 Å². The molecule has 0 spiro atoms. The third-order valence-electron chi connectivity index (χ3n) is 10.2. The van der Waals surface area contributed by atoms with Crippen LogP contribution in [0.5, 0.6) is 23.0 Å². The number of aromatic nitrogens is 3. The van der Waals surface area contributed by atoms with Gasteiger partial charge in [-0.1, -0.05) is 41.9 Å². The first-order valence-corrected chi connectivity index (χ1v) is 17.5. The number of carbonyl (C=O) groups excluding carboxylic acids is 2. The number of halogens is 3. The summed E-state index contributed by atoms with van der Waals surface area (Å²) < 4.78 is 51.5. The number of rotatable bonds is 10. The molecule has 2 aliphatic carbocycles. The van der Waals surface area contributed by atoms with Gasteiger partial charge in [-0.05, 0) is 68.5 Å². The number of carbonyl (C=O) groups is 2. The quantitative estimate of drug-likeness (QED) is 0.162. The second-order valence-electron chi connectivity index (χ2n) is 14.1. The molecule has 2 aromatic heterocycles.